The molecule has 1 aromatic carbocycles. The Morgan fingerprint density at radius 2 is 2.29 bits per heavy atom. The predicted octanol–water partition coefficient (Wildman–Crippen LogP) is 0.830. The zero-order valence-corrected chi connectivity index (χ0v) is 9.73. The molecule has 0 aliphatic rings. The first-order valence-corrected chi connectivity index (χ1v) is 5.05. The van der Waals surface area contributed by atoms with Crippen LogP contribution in [0.1, 0.15) is 16.7 Å². The van der Waals surface area contributed by atoms with Gasteiger partial charge in [0.05, 0.1) is 12.7 Å². The van der Waals surface area contributed by atoms with E-state index < -0.39 is 12.0 Å². The standard InChI is InChI=1S/C12H14N2O3/c1-7-3-8(5-10(14)12(15)16)4-9(6-13)11(7)17-2/h3-4,10H,5,14H2,1-2H3,(H,15,16). The minimum atomic E-state index is -1.06. The van der Waals surface area contributed by atoms with Crippen molar-refractivity contribution in [3.63, 3.8) is 0 Å². The molecular formula is C12H14N2O3. The van der Waals surface area contributed by atoms with Crippen LogP contribution in [0.15, 0.2) is 12.1 Å². The average molecular weight is 234 g/mol. The van der Waals surface area contributed by atoms with Gasteiger partial charge in [0.15, 0.2) is 0 Å². The van der Waals surface area contributed by atoms with Gasteiger partial charge in [0.1, 0.15) is 17.9 Å². The van der Waals surface area contributed by atoms with Gasteiger partial charge in [-0.25, -0.2) is 0 Å². The third-order valence-corrected chi connectivity index (χ3v) is 2.43. The highest BCUT2D eigenvalue weighted by Crippen LogP contribution is 2.24. The second-order valence-electron chi connectivity index (χ2n) is 3.75. The van der Waals surface area contributed by atoms with Gasteiger partial charge in [0, 0.05) is 0 Å². The number of carboxylic acid groups (broad SMARTS) is 1. The van der Waals surface area contributed by atoms with Crippen molar-refractivity contribution in [2.45, 2.75) is 19.4 Å². The minimum absolute atomic E-state index is 0.189. The number of nitriles is 1. The number of hydrogen-bond donors (Lipinski definition) is 2. The van der Waals surface area contributed by atoms with Crippen LogP contribution in [0.2, 0.25) is 0 Å². The summed E-state index contributed by atoms with van der Waals surface area (Å²) >= 11 is 0. The monoisotopic (exact) mass is 234 g/mol. The molecule has 1 unspecified atom stereocenters. The van der Waals surface area contributed by atoms with Crippen molar-refractivity contribution in [2.75, 3.05) is 7.11 Å². The Morgan fingerprint density at radius 1 is 1.65 bits per heavy atom. The van der Waals surface area contributed by atoms with Gasteiger partial charge in [0.2, 0.25) is 0 Å². The Kier molecular flexibility index (Phi) is 4.07. The van der Waals surface area contributed by atoms with Crippen molar-refractivity contribution >= 4 is 5.97 Å². The van der Waals surface area contributed by atoms with E-state index in [-0.39, 0.29) is 6.42 Å². The summed E-state index contributed by atoms with van der Waals surface area (Å²) in [6.45, 7) is 1.80. The number of hydrogen-bond acceptors (Lipinski definition) is 4. The Balaban J connectivity index is 3.09. The summed E-state index contributed by atoms with van der Waals surface area (Å²) in [5, 5.41) is 17.7. The molecule has 90 valence electrons. The maximum absolute atomic E-state index is 10.7. The van der Waals surface area contributed by atoms with Crippen LogP contribution >= 0.6 is 0 Å². The molecule has 0 radical (unpaired) electrons. The molecule has 3 N–H and O–H groups in total. The van der Waals surface area contributed by atoms with Gasteiger partial charge < -0.3 is 15.6 Å². The number of aryl methyl sites for hydroxylation is 1. The SMILES string of the molecule is COc1c(C)cc(CC(N)C(=O)O)cc1C#N. The molecule has 1 rings (SSSR count). The van der Waals surface area contributed by atoms with E-state index in [9.17, 15) is 4.79 Å². The van der Waals surface area contributed by atoms with Crippen LogP contribution in [0.4, 0.5) is 0 Å². The van der Waals surface area contributed by atoms with E-state index in [1.807, 2.05) is 6.07 Å². The summed E-state index contributed by atoms with van der Waals surface area (Å²) in [4.78, 5) is 10.7. The van der Waals surface area contributed by atoms with Crippen LogP contribution < -0.4 is 10.5 Å². The van der Waals surface area contributed by atoms with Crippen LogP contribution in [0.3, 0.4) is 0 Å². The fourth-order valence-electron chi connectivity index (χ4n) is 1.66. The highest BCUT2D eigenvalue weighted by Gasteiger charge is 2.15. The van der Waals surface area contributed by atoms with Crippen LogP contribution in [0.5, 0.6) is 5.75 Å². The number of benzene rings is 1. The first-order chi connectivity index (χ1) is 7.99. The van der Waals surface area contributed by atoms with E-state index >= 15 is 0 Å². The molecule has 0 spiro atoms. The molecule has 0 heterocycles. The summed E-state index contributed by atoms with van der Waals surface area (Å²) in [7, 11) is 1.49. The first-order valence-electron chi connectivity index (χ1n) is 5.05. The third kappa shape index (κ3) is 2.95. The van der Waals surface area contributed by atoms with Crippen LogP contribution in [-0.2, 0) is 11.2 Å². The first kappa shape index (κ1) is 13.0. The molecule has 0 fully saturated rings. The number of carboxylic acids is 1. The molecule has 0 bridgehead atoms. The lowest BCUT2D eigenvalue weighted by molar-refractivity contribution is -0.138. The molecule has 17 heavy (non-hydrogen) atoms. The number of rotatable bonds is 4. The van der Waals surface area contributed by atoms with Crippen LogP contribution in [0.25, 0.3) is 0 Å². The van der Waals surface area contributed by atoms with Gasteiger partial charge in [-0.05, 0) is 30.5 Å². The minimum Gasteiger partial charge on any atom is -0.495 e. The molecule has 5 heteroatoms. The van der Waals surface area contributed by atoms with Crippen molar-refractivity contribution in [1.82, 2.24) is 0 Å². The van der Waals surface area contributed by atoms with Crippen LogP contribution in [-0.4, -0.2) is 24.2 Å². The Labute approximate surface area is 99.4 Å². The molecule has 0 aliphatic carbocycles. The zero-order valence-electron chi connectivity index (χ0n) is 9.73. The Morgan fingerprint density at radius 3 is 2.76 bits per heavy atom. The van der Waals surface area contributed by atoms with E-state index in [0.717, 1.165) is 11.1 Å². The molecule has 5 nitrogen and oxygen atoms in total. The highest BCUT2D eigenvalue weighted by atomic mass is 16.5. The summed E-state index contributed by atoms with van der Waals surface area (Å²) in [6.07, 6.45) is 0.189. The van der Waals surface area contributed by atoms with Crippen molar-refractivity contribution in [3.8, 4) is 11.8 Å². The Bertz CT molecular complexity index is 477. The lowest BCUT2D eigenvalue weighted by Gasteiger charge is -2.11. The van der Waals surface area contributed by atoms with E-state index in [1.165, 1.54) is 7.11 Å². The normalized spacial score (nSPS) is 11.6. The summed E-state index contributed by atoms with van der Waals surface area (Å²) in [5.41, 5.74) is 7.34. The lowest BCUT2D eigenvalue weighted by atomic mass is 10.0. The number of aliphatic carboxylic acids is 1. The maximum Gasteiger partial charge on any atom is 0.320 e. The number of carbonyl (C=O) groups is 1. The fourth-order valence-corrected chi connectivity index (χ4v) is 1.66. The van der Waals surface area contributed by atoms with Gasteiger partial charge in [-0.3, -0.25) is 4.79 Å². The number of ether oxygens (including phenoxy) is 1. The zero-order chi connectivity index (χ0) is 13.0. The predicted molar refractivity (Wildman–Crippen MR) is 61.8 cm³/mol. The smallest absolute Gasteiger partial charge is 0.320 e. The van der Waals surface area contributed by atoms with Crippen LogP contribution in [0, 0.1) is 18.3 Å². The molecule has 1 atom stereocenters. The maximum atomic E-state index is 10.7. The van der Waals surface area contributed by atoms with Crippen molar-refractivity contribution < 1.29 is 14.6 Å². The van der Waals surface area contributed by atoms with Crippen molar-refractivity contribution in [1.29, 1.82) is 5.26 Å². The topological polar surface area (TPSA) is 96.3 Å². The average Bonchev–Trinajstić information content (AvgIpc) is 2.27. The summed E-state index contributed by atoms with van der Waals surface area (Å²) < 4.78 is 5.10. The number of nitrogens with two attached hydrogens (primary N) is 1. The summed E-state index contributed by atoms with van der Waals surface area (Å²) in [5.74, 6) is -0.544. The molecule has 0 saturated carbocycles. The number of methoxy groups -OCH3 is 1. The highest BCUT2D eigenvalue weighted by molar-refractivity contribution is 5.73. The Hall–Kier alpha value is -2.06. The van der Waals surface area contributed by atoms with E-state index in [4.69, 9.17) is 20.8 Å². The summed E-state index contributed by atoms with van der Waals surface area (Å²) in [6, 6.07) is 4.44. The van der Waals surface area contributed by atoms with Crippen molar-refractivity contribution in [3.05, 3.63) is 28.8 Å². The van der Waals surface area contributed by atoms with Crippen molar-refractivity contribution in [2.24, 2.45) is 5.73 Å². The van der Waals surface area contributed by atoms with Gasteiger partial charge in [-0.1, -0.05) is 6.07 Å². The second-order valence-corrected chi connectivity index (χ2v) is 3.75. The fraction of sp³-hybridized carbons (Fsp3) is 0.333. The van der Waals surface area contributed by atoms with E-state index in [1.54, 1.807) is 19.1 Å². The molecule has 0 amide bonds. The quantitative estimate of drug-likeness (QED) is 0.804. The molecule has 1 aromatic rings. The van der Waals surface area contributed by atoms with Gasteiger partial charge in [-0.2, -0.15) is 5.26 Å². The van der Waals surface area contributed by atoms with Gasteiger partial charge in [0.25, 0.3) is 0 Å². The molecule has 0 saturated heterocycles. The van der Waals surface area contributed by atoms with Gasteiger partial charge >= 0.3 is 5.97 Å². The molecular weight excluding hydrogens is 220 g/mol. The van der Waals surface area contributed by atoms with E-state index in [0.29, 0.717) is 11.3 Å². The lowest BCUT2D eigenvalue weighted by Crippen LogP contribution is -2.32. The molecule has 0 aliphatic heterocycles. The second kappa shape index (κ2) is 5.32. The number of nitrogens with zero attached hydrogens (tertiary/aromatic N) is 1. The largest absolute Gasteiger partial charge is 0.495 e. The van der Waals surface area contributed by atoms with E-state index in [2.05, 4.69) is 0 Å². The molecule has 0 aromatic heterocycles. The third-order valence-electron chi connectivity index (χ3n) is 2.43. The van der Waals surface area contributed by atoms with Gasteiger partial charge in [-0.15, -0.1) is 0 Å².